The highest BCUT2D eigenvalue weighted by atomic mass is 16.1. The average molecular weight is 402 g/mol. The lowest BCUT2D eigenvalue weighted by Crippen LogP contribution is -2.35. The zero-order chi connectivity index (χ0) is 20.9. The van der Waals surface area contributed by atoms with Crippen molar-refractivity contribution in [3.05, 3.63) is 89.2 Å². The van der Waals surface area contributed by atoms with Crippen molar-refractivity contribution in [3.63, 3.8) is 0 Å². The van der Waals surface area contributed by atoms with Crippen LogP contribution in [0.25, 0.3) is 0 Å². The number of aryl methyl sites for hydroxylation is 2. The monoisotopic (exact) mass is 401 g/mol. The van der Waals surface area contributed by atoms with Crippen LogP contribution in [0.3, 0.4) is 0 Å². The van der Waals surface area contributed by atoms with Crippen molar-refractivity contribution in [2.45, 2.75) is 32.9 Å². The third-order valence-electron chi connectivity index (χ3n) is 5.45. The van der Waals surface area contributed by atoms with Crippen molar-refractivity contribution in [1.29, 1.82) is 0 Å². The Kier molecular flexibility index (Phi) is 5.93. The molecule has 30 heavy (non-hydrogen) atoms. The molecule has 154 valence electrons. The van der Waals surface area contributed by atoms with E-state index < -0.39 is 0 Å². The summed E-state index contributed by atoms with van der Waals surface area (Å²) in [6.45, 7) is 6.18. The topological polar surface area (TPSA) is 62.5 Å². The fraction of sp³-hybridized carbons (Fsp3) is 0.292. The van der Waals surface area contributed by atoms with Gasteiger partial charge in [0.1, 0.15) is 0 Å². The molecular formula is C24H27N5O. The van der Waals surface area contributed by atoms with E-state index in [-0.39, 0.29) is 11.9 Å². The van der Waals surface area contributed by atoms with E-state index in [1.807, 2.05) is 60.1 Å². The summed E-state index contributed by atoms with van der Waals surface area (Å²) in [4.78, 5) is 12.6. The van der Waals surface area contributed by atoms with E-state index in [4.69, 9.17) is 5.10 Å². The average Bonchev–Trinajstić information content (AvgIpc) is 3.42. The van der Waals surface area contributed by atoms with Crippen molar-refractivity contribution >= 4 is 11.6 Å². The van der Waals surface area contributed by atoms with Gasteiger partial charge in [0.25, 0.3) is 5.91 Å². The summed E-state index contributed by atoms with van der Waals surface area (Å²) in [6.07, 6.45) is 2.96. The van der Waals surface area contributed by atoms with Crippen LogP contribution in [0.1, 0.15) is 46.6 Å². The minimum absolute atomic E-state index is 0.0702. The fourth-order valence-electron chi connectivity index (χ4n) is 3.81. The molecule has 1 aliphatic heterocycles. The molecule has 0 radical (unpaired) electrons. The number of benzene rings is 2. The first-order valence-electron chi connectivity index (χ1n) is 10.4. The van der Waals surface area contributed by atoms with Crippen molar-refractivity contribution in [3.8, 4) is 0 Å². The molecule has 0 aliphatic carbocycles. The van der Waals surface area contributed by atoms with Crippen LogP contribution < -0.4 is 5.32 Å². The van der Waals surface area contributed by atoms with Crippen LogP contribution in [0.4, 0.5) is 0 Å². The molecule has 1 unspecified atom stereocenters. The second-order valence-electron chi connectivity index (χ2n) is 7.44. The lowest BCUT2D eigenvalue weighted by atomic mass is 10.1. The van der Waals surface area contributed by atoms with Crippen LogP contribution in [0, 0.1) is 6.92 Å². The summed E-state index contributed by atoms with van der Waals surface area (Å²) < 4.78 is 1.94. The number of amides is 1. The second-order valence-corrected chi connectivity index (χ2v) is 7.44. The van der Waals surface area contributed by atoms with Crippen LogP contribution in [0.2, 0.25) is 0 Å². The van der Waals surface area contributed by atoms with Gasteiger partial charge in [-0.15, -0.1) is 0 Å². The molecule has 2 aromatic carbocycles. The Hall–Kier alpha value is -3.41. The maximum Gasteiger partial charge on any atom is 0.251 e. The first kappa shape index (κ1) is 19.9. The maximum atomic E-state index is 12.6. The van der Waals surface area contributed by atoms with E-state index >= 15 is 0 Å². The predicted molar refractivity (Wildman–Crippen MR) is 118 cm³/mol. The Labute approximate surface area is 177 Å². The SMILES string of the molecule is CCn1cc(C(CNC(=O)c2ccccc2)N2CCC(c3ccccc3)=N2)c(C)n1. The standard InChI is InChI=1S/C24H27N5O/c1-3-28-17-21(18(2)26-28)23(16-25-24(30)20-12-8-5-9-13-20)29-15-14-22(27-29)19-10-6-4-7-11-19/h4-13,17,23H,3,14-16H2,1-2H3,(H,25,30). The first-order valence-corrected chi connectivity index (χ1v) is 10.4. The summed E-state index contributed by atoms with van der Waals surface area (Å²) in [5.74, 6) is -0.0763. The minimum atomic E-state index is -0.0763. The molecule has 1 N–H and O–H groups in total. The summed E-state index contributed by atoms with van der Waals surface area (Å²) >= 11 is 0. The lowest BCUT2D eigenvalue weighted by molar-refractivity contribution is 0.0936. The zero-order valence-electron chi connectivity index (χ0n) is 17.5. The highest BCUT2D eigenvalue weighted by Crippen LogP contribution is 2.27. The smallest absolute Gasteiger partial charge is 0.251 e. The molecule has 0 spiro atoms. The summed E-state index contributed by atoms with van der Waals surface area (Å²) in [5, 5.41) is 14.7. The van der Waals surface area contributed by atoms with Crippen molar-refractivity contribution < 1.29 is 4.79 Å². The van der Waals surface area contributed by atoms with Crippen molar-refractivity contribution in [2.24, 2.45) is 5.10 Å². The van der Waals surface area contributed by atoms with Crippen LogP contribution in [0.15, 0.2) is 72.0 Å². The number of carbonyl (C=O) groups excluding carboxylic acids is 1. The van der Waals surface area contributed by atoms with Crippen LogP contribution in [0.5, 0.6) is 0 Å². The van der Waals surface area contributed by atoms with Crippen molar-refractivity contribution in [1.82, 2.24) is 20.1 Å². The van der Waals surface area contributed by atoms with Crippen LogP contribution >= 0.6 is 0 Å². The maximum absolute atomic E-state index is 12.6. The Balaban J connectivity index is 1.58. The van der Waals surface area contributed by atoms with Gasteiger partial charge in [-0.05, 0) is 31.5 Å². The van der Waals surface area contributed by atoms with E-state index in [9.17, 15) is 4.79 Å². The highest BCUT2D eigenvalue weighted by Gasteiger charge is 2.28. The van der Waals surface area contributed by atoms with E-state index in [2.05, 4.69) is 40.7 Å². The molecule has 1 atom stereocenters. The second kappa shape index (κ2) is 8.95. The molecule has 0 saturated heterocycles. The number of carbonyl (C=O) groups is 1. The van der Waals surface area contributed by atoms with Crippen LogP contribution in [-0.2, 0) is 6.54 Å². The van der Waals surface area contributed by atoms with Gasteiger partial charge in [-0.2, -0.15) is 10.2 Å². The predicted octanol–water partition coefficient (Wildman–Crippen LogP) is 3.79. The number of aromatic nitrogens is 2. The molecule has 4 rings (SSSR count). The number of nitrogens with one attached hydrogen (secondary N) is 1. The number of hydrazone groups is 1. The number of rotatable bonds is 7. The molecular weight excluding hydrogens is 374 g/mol. The molecule has 6 nitrogen and oxygen atoms in total. The third kappa shape index (κ3) is 4.27. The number of hydrogen-bond acceptors (Lipinski definition) is 4. The Morgan fingerprint density at radius 1 is 1.10 bits per heavy atom. The lowest BCUT2D eigenvalue weighted by Gasteiger charge is -2.26. The molecule has 2 heterocycles. The molecule has 6 heteroatoms. The summed E-state index contributed by atoms with van der Waals surface area (Å²) in [6, 6.07) is 19.5. The fourth-order valence-corrected chi connectivity index (χ4v) is 3.81. The Morgan fingerprint density at radius 3 is 2.47 bits per heavy atom. The normalized spacial score (nSPS) is 14.5. The van der Waals surface area contributed by atoms with Gasteiger partial charge in [0.05, 0.1) is 17.4 Å². The first-order chi connectivity index (χ1) is 14.7. The Bertz CT molecular complexity index is 1030. The highest BCUT2D eigenvalue weighted by molar-refractivity contribution is 6.01. The Morgan fingerprint density at radius 2 is 1.80 bits per heavy atom. The molecule has 3 aromatic rings. The van der Waals surface area contributed by atoms with Gasteiger partial charge in [0, 0.05) is 43.4 Å². The molecule has 0 bridgehead atoms. The molecule has 0 saturated carbocycles. The largest absolute Gasteiger partial charge is 0.350 e. The van der Waals surface area contributed by atoms with Gasteiger partial charge >= 0.3 is 0 Å². The van der Waals surface area contributed by atoms with Gasteiger partial charge < -0.3 is 5.32 Å². The van der Waals surface area contributed by atoms with E-state index in [1.165, 1.54) is 0 Å². The van der Waals surface area contributed by atoms with Gasteiger partial charge in [-0.1, -0.05) is 48.5 Å². The third-order valence-corrected chi connectivity index (χ3v) is 5.45. The quantitative estimate of drug-likeness (QED) is 0.655. The van der Waals surface area contributed by atoms with E-state index in [1.54, 1.807) is 0 Å². The number of nitrogens with zero attached hydrogens (tertiary/aromatic N) is 4. The minimum Gasteiger partial charge on any atom is -0.350 e. The molecule has 1 amide bonds. The van der Waals surface area contributed by atoms with Gasteiger partial charge in [0.15, 0.2) is 0 Å². The summed E-state index contributed by atoms with van der Waals surface area (Å²) in [7, 11) is 0. The molecule has 1 aromatic heterocycles. The molecule has 1 aliphatic rings. The van der Waals surface area contributed by atoms with Crippen LogP contribution in [-0.4, -0.2) is 39.5 Å². The zero-order valence-corrected chi connectivity index (χ0v) is 17.5. The molecule has 0 fully saturated rings. The van der Waals surface area contributed by atoms with Crippen molar-refractivity contribution in [2.75, 3.05) is 13.1 Å². The van der Waals surface area contributed by atoms with Gasteiger partial charge in [0.2, 0.25) is 0 Å². The van der Waals surface area contributed by atoms with Gasteiger partial charge in [-0.3, -0.25) is 14.5 Å². The summed E-state index contributed by atoms with van der Waals surface area (Å²) in [5.41, 5.74) is 4.96. The van der Waals surface area contributed by atoms with E-state index in [0.717, 1.165) is 42.0 Å². The van der Waals surface area contributed by atoms with Gasteiger partial charge in [-0.25, -0.2) is 0 Å². The number of hydrogen-bond donors (Lipinski definition) is 1. The van der Waals surface area contributed by atoms with E-state index in [0.29, 0.717) is 12.1 Å².